The Bertz CT molecular complexity index is 637. The van der Waals surface area contributed by atoms with Crippen LogP contribution in [-0.4, -0.2) is 37.4 Å². The number of halogens is 1. The molecule has 0 saturated carbocycles. The lowest BCUT2D eigenvalue weighted by molar-refractivity contribution is -0.119. The third-order valence-electron chi connectivity index (χ3n) is 2.37. The van der Waals surface area contributed by atoms with E-state index in [-0.39, 0.29) is 17.2 Å². The molecule has 1 N–H and O–H groups in total. The summed E-state index contributed by atoms with van der Waals surface area (Å²) >= 11 is 7.39. The average Bonchev–Trinajstić information content (AvgIpc) is 2.83. The highest BCUT2D eigenvalue weighted by molar-refractivity contribution is 7.99. The molecular formula is C13H16ClN5OS. The highest BCUT2D eigenvalue weighted by Crippen LogP contribution is 2.23. The molecular weight excluding hydrogens is 310 g/mol. The number of hydrogen-bond donors (Lipinski definition) is 1. The second-order valence-electron chi connectivity index (χ2n) is 5.41. The SMILES string of the molecule is CC(C)(C)NC(=O)CSc1nnnn1-c1ccccc1Cl. The number of tetrazole rings is 1. The maximum atomic E-state index is 11.8. The molecule has 0 aliphatic carbocycles. The molecule has 0 bridgehead atoms. The van der Waals surface area contributed by atoms with Crippen LogP contribution in [0.4, 0.5) is 0 Å². The van der Waals surface area contributed by atoms with E-state index in [0.29, 0.717) is 15.9 Å². The standard InChI is InChI=1S/C13H16ClN5OS/c1-13(2,3)15-11(20)8-21-12-16-17-18-19(12)10-7-5-4-6-9(10)14/h4-7H,8H2,1-3H3,(H,15,20). The Morgan fingerprint density at radius 2 is 2.10 bits per heavy atom. The van der Waals surface area contributed by atoms with Gasteiger partial charge in [0.2, 0.25) is 11.1 Å². The van der Waals surface area contributed by atoms with Gasteiger partial charge in [-0.1, -0.05) is 35.5 Å². The van der Waals surface area contributed by atoms with E-state index in [0.717, 1.165) is 0 Å². The zero-order chi connectivity index (χ0) is 15.5. The van der Waals surface area contributed by atoms with Gasteiger partial charge < -0.3 is 5.32 Å². The summed E-state index contributed by atoms with van der Waals surface area (Å²) < 4.78 is 1.53. The van der Waals surface area contributed by atoms with Crippen LogP contribution < -0.4 is 5.32 Å². The van der Waals surface area contributed by atoms with Gasteiger partial charge in [0.05, 0.1) is 16.5 Å². The minimum Gasteiger partial charge on any atom is -0.351 e. The van der Waals surface area contributed by atoms with E-state index in [4.69, 9.17) is 11.6 Å². The van der Waals surface area contributed by atoms with Crippen LogP contribution >= 0.6 is 23.4 Å². The fourth-order valence-corrected chi connectivity index (χ4v) is 2.53. The monoisotopic (exact) mass is 325 g/mol. The van der Waals surface area contributed by atoms with Gasteiger partial charge >= 0.3 is 0 Å². The Hall–Kier alpha value is -1.60. The molecule has 0 radical (unpaired) electrons. The van der Waals surface area contributed by atoms with Crippen LogP contribution in [0, 0.1) is 0 Å². The van der Waals surface area contributed by atoms with Crippen molar-refractivity contribution in [2.45, 2.75) is 31.5 Å². The highest BCUT2D eigenvalue weighted by Gasteiger charge is 2.16. The van der Waals surface area contributed by atoms with E-state index >= 15 is 0 Å². The molecule has 0 saturated heterocycles. The van der Waals surface area contributed by atoms with Crippen molar-refractivity contribution in [3.05, 3.63) is 29.3 Å². The molecule has 2 rings (SSSR count). The van der Waals surface area contributed by atoms with Crippen LogP contribution in [0.5, 0.6) is 0 Å². The van der Waals surface area contributed by atoms with E-state index in [1.807, 2.05) is 39.0 Å². The second kappa shape index (κ2) is 6.44. The van der Waals surface area contributed by atoms with Crippen molar-refractivity contribution in [3.8, 4) is 5.69 Å². The Morgan fingerprint density at radius 1 is 1.38 bits per heavy atom. The molecule has 1 heterocycles. The molecule has 0 aliphatic rings. The summed E-state index contributed by atoms with van der Waals surface area (Å²) in [5.74, 6) is 0.170. The van der Waals surface area contributed by atoms with E-state index in [2.05, 4.69) is 20.8 Å². The molecule has 0 unspecified atom stereocenters. The first-order valence-electron chi connectivity index (χ1n) is 6.34. The zero-order valence-corrected chi connectivity index (χ0v) is 13.6. The number of carbonyl (C=O) groups excluding carboxylic acids is 1. The van der Waals surface area contributed by atoms with E-state index in [1.165, 1.54) is 16.4 Å². The molecule has 8 heteroatoms. The number of carbonyl (C=O) groups is 1. The fraction of sp³-hybridized carbons (Fsp3) is 0.385. The minimum absolute atomic E-state index is 0.0683. The van der Waals surface area contributed by atoms with Crippen molar-refractivity contribution in [1.82, 2.24) is 25.5 Å². The normalized spacial score (nSPS) is 11.4. The predicted octanol–water partition coefficient (Wildman–Crippen LogP) is 2.32. The number of nitrogens with zero attached hydrogens (tertiary/aromatic N) is 4. The van der Waals surface area contributed by atoms with Crippen molar-refractivity contribution in [2.24, 2.45) is 0 Å². The number of hydrogen-bond acceptors (Lipinski definition) is 5. The van der Waals surface area contributed by atoms with Gasteiger partial charge in [0.1, 0.15) is 0 Å². The van der Waals surface area contributed by atoms with Crippen LogP contribution in [-0.2, 0) is 4.79 Å². The molecule has 112 valence electrons. The summed E-state index contributed by atoms with van der Waals surface area (Å²) in [7, 11) is 0. The molecule has 21 heavy (non-hydrogen) atoms. The summed E-state index contributed by atoms with van der Waals surface area (Å²) in [4.78, 5) is 11.8. The summed E-state index contributed by atoms with van der Waals surface area (Å²) in [5, 5.41) is 15.4. The quantitative estimate of drug-likeness (QED) is 0.873. The lowest BCUT2D eigenvalue weighted by Crippen LogP contribution is -2.41. The molecule has 0 atom stereocenters. The van der Waals surface area contributed by atoms with Gasteiger partial charge in [-0.2, -0.15) is 4.68 Å². The smallest absolute Gasteiger partial charge is 0.230 e. The number of nitrogens with one attached hydrogen (secondary N) is 1. The molecule has 0 fully saturated rings. The van der Waals surface area contributed by atoms with Gasteiger partial charge in [-0.25, -0.2) is 0 Å². The maximum absolute atomic E-state index is 11.8. The van der Waals surface area contributed by atoms with Gasteiger partial charge in [-0.15, -0.1) is 5.10 Å². The molecule has 6 nitrogen and oxygen atoms in total. The Kier molecular flexibility index (Phi) is 4.84. The third kappa shape index (κ3) is 4.44. The van der Waals surface area contributed by atoms with Crippen molar-refractivity contribution >= 4 is 29.3 Å². The predicted molar refractivity (Wildman–Crippen MR) is 82.8 cm³/mol. The number of para-hydroxylation sites is 1. The third-order valence-corrected chi connectivity index (χ3v) is 3.61. The zero-order valence-electron chi connectivity index (χ0n) is 12.0. The number of rotatable bonds is 4. The fourth-order valence-electron chi connectivity index (χ4n) is 1.63. The van der Waals surface area contributed by atoms with Gasteiger partial charge in [0.15, 0.2) is 0 Å². The molecule has 1 aromatic heterocycles. The lowest BCUT2D eigenvalue weighted by Gasteiger charge is -2.20. The van der Waals surface area contributed by atoms with Crippen LogP contribution in [0.3, 0.4) is 0 Å². The molecule has 1 aromatic carbocycles. The average molecular weight is 326 g/mol. The summed E-state index contributed by atoms with van der Waals surface area (Å²) in [6.07, 6.45) is 0. The van der Waals surface area contributed by atoms with Crippen LogP contribution in [0.2, 0.25) is 5.02 Å². The van der Waals surface area contributed by atoms with E-state index in [1.54, 1.807) is 6.07 Å². The summed E-state index contributed by atoms with van der Waals surface area (Å²) in [5.41, 5.74) is 0.426. The lowest BCUT2D eigenvalue weighted by atomic mass is 10.1. The van der Waals surface area contributed by atoms with Crippen LogP contribution in [0.25, 0.3) is 5.69 Å². The number of benzene rings is 1. The molecule has 0 spiro atoms. The first-order valence-corrected chi connectivity index (χ1v) is 7.70. The van der Waals surface area contributed by atoms with Crippen molar-refractivity contribution in [2.75, 3.05) is 5.75 Å². The minimum atomic E-state index is -0.258. The first kappa shape index (κ1) is 15.8. The summed E-state index contributed by atoms with van der Waals surface area (Å²) in [6, 6.07) is 7.26. The van der Waals surface area contributed by atoms with Crippen molar-refractivity contribution in [1.29, 1.82) is 0 Å². The Morgan fingerprint density at radius 3 is 2.76 bits per heavy atom. The maximum Gasteiger partial charge on any atom is 0.230 e. The van der Waals surface area contributed by atoms with Crippen molar-refractivity contribution in [3.63, 3.8) is 0 Å². The Labute approximate surface area is 132 Å². The molecule has 0 aliphatic heterocycles. The van der Waals surface area contributed by atoms with E-state index < -0.39 is 0 Å². The van der Waals surface area contributed by atoms with Crippen LogP contribution in [0.15, 0.2) is 29.4 Å². The van der Waals surface area contributed by atoms with E-state index in [9.17, 15) is 4.79 Å². The Balaban J connectivity index is 2.08. The number of thioether (sulfide) groups is 1. The second-order valence-corrected chi connectivity index (χ2v) is 6.76. The number of amides is 1. The van der Waals surface area contributed by atoms with Crippen molar-refractivity contribution < 1.29 is 4.79 Å². The molecule has 1 amide bonds. The van der Waals surface area contributed by atoms with Crippen LogP contribution in [0.1, 0.15) is 20.8 Å². The topological polar surface area (TPSA) is 72.7 Å². The number of aromatic nitrogens is 4. The highest BCUT2D eigenvalue weighted by atomic mass is 35.5. The van der Waals surface area contributed by atoms with Gasteiger partial charge in [0, 0.05) is 5.54 Å². The summed E-state index contributed by atoms with van der Waals surface area (Å²) in [6.45, 7) is 5.80. The largest absolute Gasteiger partial charge is 0.351 e. The van der Waals surface area contributed by atoms with Gasteiger partial charge in [0.25, 0.3) is 0 Å². The van der Waals surface area contributed by atoms with Gasteiger partial charge in [-0.05, 0) is 43.3 Å². The first-order chi connectivity index (χ1) is 9.87. The molecule has 2 aromatic rings. The van der Waals surface area contributed by atoms with Gasteiger partial charge in [-0.3, -0.25) is 4.79 Å².